The number of rotatable bonds is 5. The SMILES string of the molecule is CCOC(=O)N1CCN(S(=O)(=O)c2ccc(C(=O)N=c3sc4cc(Cl)ccc4n3CC)cc2)CC1. The lowest BCUT2D eigenvalue weighted by Gasteiger charge is -2.33. The van der Waals surface area contributed by atoms with E-state index in [-0.39, 0.29) is 43.2 Å². The van der Waals surface area contributed by atoms with E-state index in [0.29, 0.717) is 16.4 Å². The maximum atomic E-state index is 13.0. The summed E-state index contributed by atoms with van der Waals surface area (Å²) in [6.07, 6.45) is -0.442. The average Bonchev–Trinajstić information content (AvgIpc) is 3.20. The molecule has 1 aliphatic heterocycles. The Labute approximate surface area is 212 Å². The fourth-order valence-electron chi connectivity index (χ4n) is 3.83. The van der Waals surface area contributed by atoms with E-state index in [1.165, 1.54) is 44.8 Å². The minimum atomic E-state index is -3.76. The molecule has 1 fully saturated rings. The van der Waals surface area contributed by atoms with Crippen LogP contribution in [-0.4, -0.2) is 67.0 Å². The number of sulfonamides is 1. The number of hydrogen-bond acceptors (Lipinski definition) is 6. The Morgan fingerprint density at radius 2 is 1.74 bits per heavy atom. The molecule has 2 amide bonds. The second-order valence-corrected chi connectivity index (χ2v) is 11.2. The summed E-state index contributed by atoms with van der Waals surface area (Å²) in [4.78, 5) is 31.1. The van der Waals surface area contributed by atoms with E-state index in [0.717, 1.165) is 10.2 Å². The quantitative estimate of drug-likeness (QED) is 0.496. The first-order valence-electron chi connectivity index (χ1n) is 11.1. The number of thiazole rings is 1. The third-order valence-corrected chi connectivity index (χ3v) is 8.85. The van der Waals surface area contributed by atoms with Crippen LogP contribution in [0.3, 0.4) is 0 Å². The van der Waals surface area contributed by atoms with Crippen LogP contribution in [0.5, 0.6) is 0 Å². The highest BCUT2D eigenvalue weighted by Gasteiger charge is 2.30. The van der Waals surface area contributed by atoms with Crippen LogP contribution in [-0.2, 0) is 21.3 Å². The molecule has 2 heterocycles. The average molecular weight is 537 g/mol. The van der Waals surface area contributed by atoms with E-state index in [1.54, 1.807) is 13.0 Å². The van der Waals surface area contributed by atoms with E-state index < -0.39 is 22.0 Å². The van der Waals surface area contributed by atoms with Gasteiger partial charge in [-0.15, -0.1) is 0 Å². The molecule has 1 aromatic heterocycles. The summed E-state index contributed by atoms with van der Waals surface area (Å²) in [7, 11) is -3.76. The van der Waals surface area contributed by atoms with Crippen LogP contribution in [0.1, 0.15) is 24.2 Å². The Hall–Kier alpha value is -2.73. The number of piperazine rings is 1. The molecule has 12 heteroatoms. The van der Waals surface area contributed by atoms with E-state index in [1.807, 2.05) is 23.6 Å². The van der Waals surface area contributed by atoms with Crippen molar-refractivity contribution in [1.29, 1.82) is 0 Å². The van der Waals surface area contributed by atoms with Crippen molar-refractivity contribution < 1.29 is 22.7 Å². The molecule has 186 valence electrons. The van der Waals surface area contributed by atoms with Gasteiger partial charge in [-0.25, -0.2) is 13.2 Å². The number of ether oxygens (including phenoxy) is 1. The molecule has 2 aromatic carbocycles. The minimum Gasteiger partial charge on any atom is -0.450 e. The Bertz CT molecular complexity index is 1420. The predicted molar refractivity (Wildman–Crippen MR) is 134 cm³/mol. The van der Waals surface area contributed by atoms with Gasteiger partial charge in [0, 0.05) is 43.3 Å². The summed E-state index contributed by atoms with van der Waals surface area (Å²) in [5.41, 5.74) is 1.23. The highest BCUT2D eigenvalue weighted by Crippen LogP contribution is 2.22. The van der Waals surface area contributed by atoms with Crippen molar-refractivity contribution in [2.24, 2.45) is 4.99 Å². The predicted octanol–water partition coefficient (Wildman–Crippen LogP) is 3.58. The highest BCUT2D eigenvalue weighted by molar-refractivity contribution is 7.89. The van der Waals surface area contributed by atoms with Crippen molar-refractivity contribution in [1.82, 2.24) is 13.8 Å². The van der Waals surface area contributed by atoms with Crippen LogP contribution in [0.4, 0.5) is 4.79 Å². The highest BCUT2D eigenvalue weighted by atomic mass is 35.5. The normalized spacial score (nSPS) is 15.5. The van der Waals surface area contributed by atoms with Gasteiger partial charge in [0.25, 0.3) is 5.91 Å². The third-order valence-electron chi connectivity index (χ3n) is 5.66. The number of carbonyl (C=O) groups excluding carboxylic acids is 2. The second-order valence-electron chi connectivity index (χ2n) is 7.77. The zero-order chi connectivity index (χ0) is 25.2. The van der Waals surface area contributed by atoms with Crippen LogP contribution < -0.4 is 4.80 Å². The number of aromatic nitrogens is 1. The van der Waals surface area contributed by atoms with Crippen LogP contribution in [0, 0.1) is 0 Å². The Morgan fingerprint density at radius 1 is 1.06 bits per heavy atom. The van der Waals surface area contributed by atoms with Gasteiger partial charge in [0.05, 0.1) is 21.7 Å². The molecule has 0 bridgehead atoms. The largest absolute Gasteiger partial charge is 0.450 e. The van der Waals surface area contributed by atoms with Crippen molar-refractivity contribution in [2.45, 2.75) is 25.3 Å². The van der Waals surface area contributed by atoms with Gasteiger partial charge in [-0.05, 0) is 56.3 Å². The maximum absolute atomic E-state index is 13.0. The molecule has 9 nitrogen and oxygen atoms in total. The molecular formula is C23H25ClN4O5S2. The van der Waals surface area contributed by atoms with Crippen molar-refractivity contribution in [3.05, 3.63) is 57.9 Å². The van der Waals surface area contributed by atoms with E-state index in [4.69, 9.17) is 16.3 Å². The van der Waals surface area contributed by atoms with Gasteiger partial charge in [0.2, 0.25) is 10.0 Å². The second kappa shape index (κ2) is 10.5. The van der Waals surface area contributed by atoms with Crippen LogP contribution in [0.2, 0.25) is 5.02 Å². The Morgan fingerprint density at radius 3 is 2.37 bits per heavy atom. The number of halogens is 1. The summed E-state index contributed by atoms with van der Waals surface area (Å²) in [6.45, 7) is 5.44. The minimum absolute atomic E-state index is 0.0822. The number of nitrogens with zero attached hydrogens (tertiary/aromatic N) is 4. The third kappa shape index (κ3) is 5.27. The molecule has 0 saturated carbocycles. The Balaban J connectivity index is 1.52. The van der Waals surface area contributed by atoms with Gasteiger partial charge < -0.3 is 14.2 Å². The first-order valence-corrected chi connectivity index (χ1v) is 13.8. The fourth-order valence-corrected chi connectivity index (χ4v) is 6.62. The maximum Gasteiger partial charge on any atom is 0.409 e. The van der Waals surface area contributed by atoms with Gasteiger partial charge in [-0.2, -0.15) is 9.30 Å². The first kappa shape index (κ1) is 25.4. The van der Waals surface area contributed by atoms with E-state index in [2.05, 4.69) is 4.99 Å². The molecule has 0 atom stereocenters. The van der Waals surface area contributed by atoms with Gasteiger partial charge in [-0.3, -0.25) is 4.79 Å². The monoisotopic (exact) mass is 536 g/mol. The molecule has 1 saturated heterocycles. The van der Waals surface area contributed by atoms with Gasteiger partial charge in [-0.1, -0.05) is 22.9 Å². The first-order chi connectivity index (χ1) is 16.7. The number of amides is 2. The number of aryl methyl sites for hydroxylation is 1. The lowest BCUT2D eigenvalue weighted by molar-refractivity contribution is 0.0933. The summed E-state index contributed by atoms with van der Waals surface area (Å²) >= 11 is 7.46. The molecule has 4 rings (SSSR count). The lowest BCUT2D eigenvalue weighted by atomic mass is 10.2. The molecule has 3 aromatic rings. The lowest BCUT2D eigenvalue weighted by Crippen LogP contribution is -2.50. The van der Waals surface area contributed by atoms with Gasteiger partial charge in [0.1, 0.15) is 0 Å². The van der Waals surface area contributed by atoms with Crippen molar-refractivity contribution in [2.75, 3.05) is 32.8 Å². The van der Waals surface area contributed by atoms with Crippen molar-refractivity contribution >= 4 is 55.2 Å². The zero-order valence-electron chi connectivity index (χ0n) is 19.3. The summed E-state index contributed by atoms with van der Waals surface area (Å²) in [5.74, 6) is -0.461. The molecular weight excluding hydrogens is 512 g/mol. The summed E-state index contributed by atoms with van der Waals surface area (Å²) in [5, 5.41) is 0.610. The fraction of sp³-hybridized carbons (Fsp3) is 0.348. The molecule has 1 aliphatic rings. The number of carbonyl (C=O) groups is 2. The number of hydrogen-bond donors (Lipinski definition) is 0. The van der Waals surface area contributed by atoms with Crippen LogP contribution >= 0.6 is 22.9 Å². The smallest absolute Gasteiger partial charge is 0.409 e. The molecule has 0 radical (unpaired) electrons. The number of benzene rings is 2. The van der Waals surface area contributed by atoms with E-state index in [9.17, 15) is 18.0 Å². The molecule has 0 N–H and O–H groups in total. The topological polar surface area (TPSA) is 101 Å². The van der Waals surface area contributed by atoms with Crippen LogP contribution in [0.15, 0.2) is 52.4 Å². The molecule has 35 heavy (non-hydrogen) atoms. The van der Waals surface area contributed by atoms with Crippen molar-refractivity contribution in [3.8, 4) is 0 Å². The standard InChI is InChI=1S/C23H25ClN4O5S2/c1-3-28-19-10-7-17(24)15-20(19)34-22(28)25-21(29)16-5-8-18(9-6-16)35(31,32)27-13-11-26(12-14-27)23(30)33-4-2/h5-10,15H,3-4,11-14H2,1-2H3. The number of fused-ring (bicyclic) bond motifs is 1. The van der Waals surface area contributed by atoms with E-state index >= 15 is 0 Å². The van der Waals surface area contributed by atoms with Gasteiger partial charge >= 0.3 is 6.09 Å². The molecule has 0 aliphatic carbocycles. The summed E-state index contributed by atoms with van der Waals surface area (Å²) in [6, 6.07) is 11.3. The molecule has 0 unspecified atom stereocenters. The Kier molecular flexibility index (Phi) is 7.60. The van der Waals surface area contributed by atoms with Gasteiger partial charge in [0.15, 0.2) is 4.80 Å². The van der Waals surface area contributed by atoms with Crippen LogP contribution in [0.25, 0.3) is 10.2 Å². The van der Waals surface area contributed by atoms with Crippen molar-refractivity contribution in [3.63, 3.8) is 0 Å². The zero-order valence-corrected chi connectivity index (χ0v) is 21.7. The molecule has 0 spiro atoms. The summed E-state index contributed by atoms with van der Waals surface area (Å²) < 4.78 is 35.2.